The summed E-state index contributed by atoms with van der Waals surface area (Å²) in [5, 5.41) is 8.60. The van der Waals surface area contributed by atoms with E-state index in [1.807, 2.05) is 19.1 Å². The van der Waals surface area contributed by atoms with Crippen LogP contribution in [0.1, 0.15) is 115 Å². The molecule has 0 bridgehead atoms. The van der Waals surface area contributed by atoms with Gasteiger partial charge in [0.05, 0.1) is 28.2 Å². The Morgan fingerprint density at radius 1 is 0.269 bits per heavy atom. The van der Waals surface area contributed by atoms with Gasteiger partial charge in [0.1, 0.15) is 45.0 Å². The molecule has 0 spiro atoms. The standard InChI is InChI=1S/C31H30N3O.C30H28N3O.C29H26N3O.C28H24N3O/c1-19(2)18-22-15-17-24-23-16-14-21(4)28(29(23)35-30(24)32-22)31-33(5)26-12-8-9-13-27(26)34(31)25-11-7-6-10-20(25)3;1-18(2)23-17-16-22-21-15-14-20(4)27(28(21)34-29(22)31-23)30-32(5)25-12-8-9-13-26(25)33(30)24-11-7-6-10-19(24)3;1-18(2)20-10-5-6-12-23(20)32-25-14-8-7-13-24(25)31(4)29(32)26-19(3)15-16-21-22-11-9-17-30-28(22)33-27(21)26;1-17-9-5-6-10-22(17)31-24-12-8-7-11-23(24)30(4)28(31)25-18(2)13-15-20-21-16-14-19(3)29-27(21)32-26(20)25/h6-17,19H,18H2,1-5H3;6-18H,1-5H3;5-18H,1-4H3;5-16H,1-4H3/q4*+1. The van der Waals surface area contributed by atoms with E-state index >= 15 is 0 Å². The van der Waals surface area contributed by atoms with Crippen LogP contribution in [0.15, 0.2) is 315 Å². The van der Waals surface area contributed by atoms with Crippen LogP contribution in [-0.4, -0.2) is 38.2 Å². The van der Waals surface area contributed by atoms with Gasteiger partial charge in [0.25, 0.3) is 23.3 Å². The lowest BCUT2D eigenvalue weighted by molar-refractivity contribution is -0.633. The summed E-state index contributed by atoms with van der Waals surface area (Å²) < 4.78 is 44.6. The Hall–Kier alpha value is -15.7. The number of rotatable bonds is 12. The maximum absolute atomic E-state index is 6.58. The van der Waals surface area contributed by atoms with Crippen LogP contribution < -0.4 is 18.3 Å². The highest BCUT2D eigenvalue weighted by atomic mass is 16.4. The monoisotopic (exact) mass is 1760 g/mol. The maximum atomic E-state index is 6.58. The van der Waals surface area contributed by atoms with Gasteiger partial charge in [-0.25, -0.2) is 38.2 Å². The molecular formula is C118H108N12O4+4. The number of hydrogen-bond donors (Lipinski definition) is 0. The van der Waals surface area contributed by atoms with Crippen molar-refractivity contribution in [3.63, 3.8) is 0 Å². The maximum Gasteiger partial charge on any atom is 0.298 e. The molecule has 0 N–H and O–H groups in total. The minimum atomic E-state index is 0.347. The topological polar surface area (TPSA) is 139 Å². The third-order valence-electron chi connectivity index (χ3n) is 27.0. The van der Waals surface area contributed by atoms with E-state index in [0.29, 0.717) is 40.6 Å². The van der Waals surface area contributed by atoms with Crippen molar-refractivity contribution in [3.05, 3.63) is 359 Å². The zero-order valence-electron chi connectivity index (χ0n) is 79.2. The van der Waals surface area contributed by atoms with Crippen molar-refractivity contribution in [1.29, 1.82) is 0 Å². The van der Waals surface area contributed by atoms with E-state index in [1.54, 1.807) is 6.20 Å². The zero-order valence-corrected chi connectivity index (χ0v) is 79.2. The first-order valence-electron chi connectivity index (χ1n) is 46.5. The molecule has 0 radical (unpaired) electrons. The van der Waals surface area contributed by atoms with Crippen molar-refractivity contribution >= 4 is 132 Å². The average molecular weight is 1760 g/mol. The number of nitrogens with zero attached hydrogens (tertiary/aromatic N) is 12. The van der Waals surface area contributed by atoms with Gasteiger partial charge in [-0.15, -0.1) is 0 Å². The Balaban J connectivity index is 0.000000107. The number of hydrogen-bond acceptors (Lipinski definition) is 8. The predicted molar refractivity (Wildman–Crippen MR) is 544 cm³/mol. The summed E-state index contributed by atoms with van der Waals surface area (Å²) in [5.41, 5.74) is 37.6. The molecule has 12 aromatic carbocycles. The van der Waals surface area contributed by atoms with Crippen LogP contribution in [0.4, 0.5) is 0 Å². The Labute approximate surface area is 778 Å². The summed E-state index contributed by atoms with van der Waals surface area (Å²) in [6, 6.07) is 103. The lowest BCUT2D eigenvalue weighted by Gasteiger charge is -2.12. The molecule has 134 heavy (non-hydrogen) atoms. The molecule has 0 saturated carbocycles. The second kappa shape index (κ2) is 33.9. The smallest absolute Gasteiger partial charge is 0.298 e. The molecule has 0 aliphatic carbocycles. The number of aryl methyl sites for hydroxylation is 12. The molecule has 0 aliphatic heterocycles. The predicted octanol–water partition coefficient (Wildman–Crippen LogP) is 27.6. The van der Waals surface area contributed by atoms with Gasteiger partial charge in [-0.1, -0.05) is 211 Å². The molecule has 0 amide bonds. The second-order valence-corrected chi connectivity index (χ2v) is 37.0. The van der Waals surface area contributed by atoms with E-state index in [9.17, 15) is 0 Å². The van der Waals surface area contributed by atoms with Crippen molar-refractivity contribution in [3.8, 4) is 68.3 Å². The Morgan fingerprint density at radius 3 is 0.963 bits per heavy atom. The first kappa shape index (κ1) is 85.1. The van der Waals surface area contributed by atoms with Crippen molar-refractivity contribution in [2.75, 3.05) is 0 Å². The lowest BCUT2D eigenvalue weighted by Crippen LogP contribution is -2.30. The average Bonchev–Trinajstić information content (AvgIpc) is 1.58. The van der Waals surface area contributed by atoms with Crippen LogP contribution in [0.5, 0.6) is 0 Å². The van der Waals surface area contributed by atoms with Gasteiger partial charge < -0.3 is 17.7 Å². The lowest BCUT2D eigenvalue weighted by atomic mass is 10.00. The van der Waals surface area contributed by atoms with Crippen molar-refractivity contribution in [1.82, 2.24) is 38.2 Å². The molecule has 0 unspecified atom stereocenters. The summed E-state index contributed by atoms with van der Waals surface area (Å²) >= 11 is 0. The molecule has 24 rings (SSSR count). The van der Waals surface area contributed by atoms with E-state index in [4.69, 9.17) is 27.6 Å². The number of benzene rings is 12. The fourth-order valence-electron chi connectivity index (χ4n) is 20.3. The normalized spacial score (nSPS) is 11.9. The van der Waals surface area contributed by atoms with Crippen molar-refractivity contribution < 1.29 is 35.9 Å². The second-order valence-electron chi connectivity index (χ2n) is 37.0. The van der Waals surface area contributed by atoms with E-state index in [-0.39, 0.29) is 0 Å². The van der Waals surface area contributed by atoms with Crippen molar-refractivity contribution in [2.24, 2.45) is 34.1 Å². The molecule has 0 saturated heterocycles. The van der Waals surface area contributed by atoms with E-state index in [2.05, 4.69) is 444 Å². The fourth-order valence-corrected chi connectivity index (χ4v) is 20.3. The summed E-state index contributed by atoms with van der Waals surface area (Å²) in [5.74, 6) is 5.69. The summed E-state index contributed by atoms with van der Waals surface area (Å²) in [6.45, 7) is 30.4. The zero-order chi connectivity index (χ0) is 92.5. The van der Waals surface area contributed by atoms with E-state index < -0.39 is 0 Å². The van der Waals surface area contributed by atoms with Gasteiger partial charge in [0.2, 0.25) is 22.9 Å². The molecule has 12 heterocycles. The Kier molecular flexibility index (Phi) is 21.5. The first-order chi connectivity index (χ1) is 65.0. The number of imidazole rings is 4. The molecular weight excluding hydrogens is 1650 g/mol. The molecule has 24 aromatic rings. The van der Waals surface area contributed by atoms with E-state index in [0.717, 1.165) is 134 Å². The highest BCUT2D eigenvalue weighted by Gasteiger charge is 2.38. The molecule has 12 aromatic heterocycles. The van der Waals surface area contributed by atoms with Crippen LogP contribution in [-0.2, 0) is 34.6 Å². The molecule has 16 heteroatoms. The van der Waals surface area contributed by atoms with Crippen LogP contribution in [0, 0.1) is 61.3 Å². The number of fused-ring (bicyclic) bond motifs is 16. The van der Waals surface area contributed by atoms with E-state index in [1.165, 1.54) is 111 Å². The van der Waals surface area contributed by atoms with Crippen LogP contribution in [0.2, 0.25) is 0 Å². The highest BCUT2D eigenvalue weighted by Crippen LogP contribution is 2.46. The quantitative estimate of drug-likeness (QED) is 0.110. The largest absolute Gasteiger partial charge is 0.437 e. The molecule has 0 fully saturated rings. The number of aromatic nitrogens is 12. The highest BCUT2D eigenvalue weighted by molar-refractivity contribution is 6.13. The summed E-state index contributed by atoms with van der Waals surface area (Å²) in [6.07, 6.45) is 2.72. The number of furan rings is 4. The van der Waals surface area contributed by atoms with Gasteiger partial charge >= 0.3 is 0 Å². The molecule has 16 nitrogen and oxygen atoms in total. The first-order valence-corrected chi connectivity index (χ1v) is 46.5. The van der Waals surface area contributed by atoms with Gasteiger partial charge in [-0.2, -0.15) is 18.3 Å². The summed E-state index contributed by atoms with van der Waals surface area (Å²) in [7, 11) is 8.57. The molecule has 0 aliphatic rings. The van der Waals surface area contributed by atoms with Crippen LogP contribution in [0.25, 0.3) is 201 Å². The van der Waals surface area contributed by atoms with Crippen LogP contribution in [0.3, 0.4) is 0 Å². The van der Waals surface area contributed by atoms with Gasteiger partial charge in [0, 0.05) is 71.9 Å². The third kappa shape index (κ3) is 14.2. The molecule has 0 atom stereocenters. The van der Waals surface area contributed by atoms with Gasteiger partial charge in [-0.05, 0) is 240 Å². The Morgan fingerprint density at radius 2 is 0.582 bits per heavy atom. The SMILES string of the molecule is Cc1ccc2c(n1)oc1c(-c3n(-c4ccccc4C)c4ccccc4[n+]3C)c(C)ccc12.Cc1ccc2c(oc3ncccc32)c1-c1n(-c2ccccc2C(C)C)c2ccccc2[n+]1C.Cc1ccccc1-n1c(-c2c(C)ccc3c2oc2nc(C(C)C)ccc23)[n+](C)c2ccccc21.Cc1ccccc1-n1c(-c2c(C)ccc3c2oc2nc(CC(C)C)ccc23)[n+](C)c2ccccc21. The molecule has 660 valence electrons. The minimum absolute atomic E-state index is 0.347. The van der Waals surface area contributed by atoms with Gasteiger partial charge in [0.15, 0.2) is 66.5 Å². The van der Waals surface area contributed by atoms with Crippen molar-refractivity contribution in [2.45, 2.75) is 115 Å². The fraction of sp³-hybridized carbons (Fsp3) is 0.186. The number of pyridine rings is 4. The summed E-state index contributed by atoms with van der Waals surface area (Å²) in [4.78, 5) is 18.9. The van der Waals surface area contributed by atoms with Gasteiger partial charge in [-0.3, -0.25) is 0 Å². The Bertz CT molecular complexity index is 8830. The number of para-hydroxylation sites is 12. The minimum Gasteiger partial charge on any atom is -0.437 e. The third-order valence-corrected chi connectivity index (χ3v) is 27.0. The van der Waals surface area contributed by atoms with Crippen LogP contribution >= 0.6 is 0 Å².